The number of imidazole rings is 1. The lowest BCUT2D eigenvalue weighted by molar-refractivity contribution is -0.118. The number of carbonyl (C=O) groups is 1. The zero-order chi connectivity index (χ0) is 16.5. The van der Waals surface area contributed by atoms with Crippen molar-refractivity contribution in [3.05, 3.63) is 48.4 Å². The molecule has 0 saturated heterocycles. The number of anilines is 1. The number of benzene rings is 1. The Bertz CT molecular complexity index is 906. The predicted octanol–water partition coefficient (Wildman–Crippen LogP) is 2.77. The van der Waals surface area contributed by atoms with Gasteiger partial charge in [-0.05, 0) is 31.2 Å². The summed E-state index contributed by atoms with van der Waals surface area (Å²) in [4.78, 5) is 24.4. The van der Waals surface area contributed by atoms with Gasteiger partial charge in [-0.25, -0.2) is 4.98 Å². The number of carbonyl (C=O) groups excluding carboxylic acids is 1. The van der Waals surface area contributed by atoms with E-state index in [1.54, 1.807) is 12.5 Å². The number of rotatable bonds is 4. The van der Waals surface area contributed by atoms with E-state index in [0.29, 0.717) is 18.2 Å². The lowest BCUT2D eigenvalue weighted by atomic mass is 10.1. The molecule has 24 heavy (non-hydrogen) atoms. The summed E-state index contributed by atoms with van der Waals surface area (Å²) in [6.45, 7) is 2.21. The van der Waals surface area contributed by atoms with Gasteiger partial charge in [0, 0.05) is 6.21 Å². The van der Waals surface area contributed by atoms with Crippen LogP contribution in [0.1, 0.15) is 12.7 Å². The third-order valence-corrected chi connectivity index (χ3v) is 3.84. The third-order valence-electron chi connectivity index (χ3n) is 3.84. The van der Waals surface area contributed by atoms with Gasteiger partial charge in [-0.3, -0.25) is 9.79 Å². The Hall–Kier alpha value is -3.22. The van der Waals surface area contributed by atoms with Gasteiger partial charge in [-0.2, -0.15) is 10.1 Å². The van der Waals surface area contributed by atoms with Gasteiger partial charge >= 0.3 is 0 Å². The number of furan rings is 1. The van der Waals surface area contributed by atoms with Crippen LogP contribution in [-0.2, 0) is 11.3 Å². The summed E-state index contributed by atoms with van der Waals surface area (Å²) in [5.41, 5.74) is 2.34. The molecule has 3 aromatic rings. The van der Waals surface area contributed by atoms with E-state index in [9.17, 15) is 4.79 Å². The summed E-state index contributed by atoms with van der Waals surface area (Å²) >= 11 is 0. The van der Waals surface area contributed by atoms with Crippen LogP contribution in [0.2, 0.25) is 0 Å². The number of H-pyrrole nitrogens is 1. The van der Waals surface area contributed by atoms with Crippen LogP contribution in [0.25, 0.3) is 11.0 Å². The number of nitrogens with one attached hydrogen (secondary N) is 1. The van der Waals surface area contributed by atoms with Crippen molar-refractivity contribution in [2.24, 2.45) is 16.0 Å². The summed E-state index contributed by atoms with van der Waals surface area (Å²) in [6.07, 6.45) is 3.22. The van der Waals surface area contributed by atoms with E-state index in [-0.39, 0.29) is 5.91 Å². The van der Waals surface area contributed by atoms with Gasteiger partial charge in [0.05, 0.1) is 29.6 Å². The topological polar surface area (TPSA) is 86.9 Å². The largest absolute Gasteiger partial charge is 0.467 e. The number of hydrogen-bond donors (Lipinski definition) is 1. The first-order valence-corrected chi connectivity index (χ1v) is 7.58. The molecule has 1 atom stereocenters. The van der Waals surface area contributed by atoms with E-state index in [0.717, 1.165) is 16.8 Å². The molecule has 7 heteroatoms. The van der Waals surface area contributed by atoms with Crippen LogP contribution in [0.3, 0.4) is 0 Å². The highest BCUT2D eigenvalue weighted by molar-refractivity contribution is 6.23. The van der Waals surface area contributed by atoms with Crippen LogP contribution in [0, 0.1) is 5.92 Å². The van der Waals surface area contributed by atoms with Crippen molar-refractivity contribution in [3.8, 4) is 0 Å². The third kappa shape index (κ3) is 2.50. The molecule has 7 nitrogen and oxygen atoms in total. The maximum atomic E-state index is 12.6. The predicted molar refractivity (Wildman–Crippen MR) is 91.1 cm³/mol. The van der Waals surface area contributed by atoms with Crippen LogP contribution in [0.4, 0.5) is 5.95 Å². The second-order valence-corrected chi connectivity index (χ2v) is 5.52. The van der Waals surface area contributed by atoms with Gasteiger partial charge in [0.1, 0.15) is 11.7 Å². The highest BCUT2D eigenvalue weighted by Crippen LogP contribution is 2.23. The molecule has 0 unspecified atom stereocenters. The number of hydrazone groups is 1. The quantitative estimate of drug-likeness (QED) is 0.750. The number of aromatic amines is 1. The lowest BCUT2D eigenvalue weighted by Gasteiger charge is -2.08. The second kappa shape index (κ2) is 5.77. The average Bonchev–Trinajstić information content (AvgIpc) is 3.29. The van der Waals surface area contributed by atoms with Gasteiger partial charge in [0.15, 0.2) is 0 Å². The van der Waals surface area contributed by atoms with Gasteiger partial charge in [0.2, 0.25) is 5.95 Å². The van der Waals surface area contributed by atoms with E-state index in [2.05, 4.69) is 20.1 Å². The number of nitrogens with zero attached hydrogens (tertiary/aromatic N) is 4. The molecule has 1 amide bonds. The second-order valence-electron chi connectivity index (χ2n) is 5.52. The fourth-order valence-corrected chi connectivity index (χ4v) is 2.59. The number of fused-ring (bicyclic) bond motifs is 1. The molecule has 0 saturated carbocycles. The fourth-order valence-electron chi connectivity index (χ4n) is 2.59. The number of hydrogen-bond acceptors (Lipinski definition) is 5. The monoisotopic (exact) mass is 321 g/mol. The van der Waals surface area contributed by atoms with Gasteiger partial charge in [0.25, 0.3) is 5.91 Å². The van der Waals surface area contributed by atoms with Crippen molar-refractivity contribution in [2.75, 3.05) is 5.01 Å². The highest BCUT2D eigenvalue weighted by Gasteiger charge is 2.34. The Morgan fingerprint density at radius 1 is 1.33 bits per heavy atom. The Balaban J connectivity index is 1.54. The van der Waals surface area contributed by atoms with Crippen molar-refractivity contribution in [1.82, 2.24) is 9.97 Å². The van der Waals surface area contributed by atoms with Gasteiger partial charge < -0.3 is 9.40 Å². The molecular weight excluding hydrogens is 306 g/mol. The molecule has 1 aromatic carbocycles. The molecule has 3 heterocycles. The van der Waals surface area contributed by atoms with E-state index < -0.39 is 5.92 Å². The summed E-state index contributed by atoms with van der Waals surface area (Å²) in [7, 11) is 0. The minimum Gasteiger partial charge on any atom is -0.467 e. The van der Waals surface area contributed by atoms with Crippen molar-refractivity contribution in [2.45, 2.75) is 13.5 Å². The van der Waals surface area contributed by atoms with E-state index in [4.69, 9.17) is 4.42 Å². The Labute approximate surface area is 137 Å². The molecule has 120 valence electrons. The van der Waals surface area contributed by atoms with Crippen LogP contribution >= 0.6 is 0 Å². The lowest BCUT2D eigenvalue weighted by Crippen LogP contribution is -2.28. The Kier molecular flexibility index (Phi) is 3.45. The average molecular weight is 321 g/mol. The number of aromatic nitrogens is 2. The van der Waals surface area contributed by atoms with Crippen LogP contribution in [-0.4, -0.2) is 27.8 Å². The highest BCUT2D eigenvalue weighted by atomic mass is 16.3. The first-order valence-electron chi connectivity index (χ1n) is 7.58. The minimum atomic E-state index is -0.479. The first kappa shape index (κ1) is 14.4. The fraction of sp³-hybridized carbons (Fsp3) is 0.176. The molecule has 0 spiro atoms. The molecule has 2 aromatic heterocycles. The van der Waals surface area contributed by atoms with Crippen LogP contribution in [0.5, 0.6) is 0 Å². The molecule has 0 fully saturated rings. The molecule has 1 N–H and O–H groups in total. The first-order chi connectivity index (χ1) is 11.7. The summed E-state index contributed by atoms with van der Waals surface area (Å²) in [6, 6.07) is 11.3. The molecule has 1 aliphatic rings. The molecular formula is C17H15N5O2. The maximum Gasteiger partial charge on any atom is 0.264 e. The number of amides is 1. The maximum absolute atomic E-state index is 12.6. The van der Waals surface area contributed by atoms with Crippen LogP contribution < -0.4 is 5.01 Å². The zero-order valence-corrected chi connectivity index (χ0v) is 13.0. The standard InChI is InChI=1S/C17H15N5O2/c1-11-13(10-18-9-12-5-4-8-24-12)16(23)22(21-11)17-19-14-6-2-3-7-15(14)20-17/h2-8,10,13H,9H2,1H3,(H,19,20)/t13-/m1/s1. The Morgan fingerprint density at radius 2 is 2.21 bits per heavy atom. The van der Waals surface area contributed by atoms with Gasteiger partial charge in [-0.15, -0.1) is 0 Å². The summed E-state index contributed by atoms with van der Waals surface area (Å²) < 4.78 is 5.22. The van der Waals surface area contributed by atoms with E-state index >= 15 is 0 Å². The van der Waals surface area contributed by atoms with E-state index in [1.807, 2.05) is 43.3 Å². The van der Waals surface area contributed by atoms with Gasteiger partial charge in [-0.1, -0.05) is 12.1 Å². The van der Waals surface area contributed by atoms with Crippen molar-refractivity contribution in [1.29, 1.82) is 0 Å². The van der Waals surface area contributed by atoms with Crippen molar-refractivity contribution < 1.29 is 9.21 Å². The number of para-hydroxylation sites is 2. The molecule has 0 bridgehead atoms. The molecule has 0 aliphatic carbocycles. The summed E-state index contributed by atoms with van der Waals surface area (Å²) in [5, 5.41) is 5.63. The number of aliphatic imine (C=N–C) groups is 1. The van der Waals surface area contributed by atoms with Crippen molar-refractivity contribution >= 4 is 34.8 Å². The molecule has 0 radical (unpaired) electrons. The molecule has 1 aliphatic heterocycles. The zero-order valence-electron chi connectivity index (χ0n) is 13.0. The van der Waals surface area contributed by atoms with Crippen molar-refractivity contribution in [3.63, 3.8) is 0 Å². The van der Waals surface area contributed by atoms with Crippen LogP contribution in [0.15, 0.2) is 57.2 Å². The summed E-state index contributed by atoms with van der Waals surface area (Å²) in [5.74, 6) is 0.519. The molecule has 4 rings (SSSR count). The van der Waals surface area contributed by atoms with E-state index in [1.165, 1.54) is 5.01 Å². The Morgan fingerprint density at radius 3 is 3.00 bits per heavy atom. The minimum absolute atomic E-state index is 0.172. The normalized spacial score (nSPS) is 18.0. The SMILES string of the molecule is CC1=NN(c2nc3ccccc3[nH]2)C(=O)[C@@H]1C=NCc1ccco1. The smallest absolute Gasteiger partial charge is 0.264 e.